The second kappa shape index (κ2) is 7.01. The number of carbonyl (C=O) groups is 3. The molecule has 2 saturated heterocycles. The summed E-state index contributed by atoms with van der Waals surface area (Å²) in [6, 6.07) is 3.76. The molecule has 8 nitrogen and oxygen atoms in total. The molecule has 2 fully saturated rings. The normalized spacial score (nSPS) is 23.7. The fraction of sp³-hybridized carbons (Fsp3) is 0.500. The number of likely N-dealkylation sites (tertiary alicyclic amines) is 1. The molecule has 9 heteroatoms. The van der Waals surface area contributed by atoms with E-state index in [0.717, 1.165) is 0 Å². The summed E-state index contributed by atoms with van der Waals surface area (Å²) >= 11 is 0. The number of amides is 1. The second-order valence-electron chi connectivity index (χ2n) is 6.18. The van der Waals surface area contributed by atoms with Crippen LogP contribution >= 0.6 is 0 Å². The molecule has 0 N–H and O–H groups in total. The molecule has 0 radical (unpaired) electrons. The monoisotopic (exact) mass is 365 g/mol. The highest BCUT2D eigenvalue weighted by molar-refractivity contribution is 7.88. The summed E-state index contributed by atoms with van der Waals surface area (Å²) in [5, 5.41) is 0. The van der Waals surface area contributed by atoms with E-state index in [1.54, 1.807) is 18.2 Å². The van der Waals surface area contributed by atoms with E-state index in [1.165, 1.54) is 15.4 Å². The topological polar surface area (TPSA) is 105 Å². The number of carbonyl (C=O) groups excluding carboxylic acids is 3. The smallest absolute Gasteiger partial charge is 0.223 e. The number of rotatable bonds is 6. The van der Waals surface area contributed by atoms with E-state index < -0.39 is 22.1 Å². The molecule has 0 saturated carbocycles. The van der Waals surface area contributed by atoms with Crippen LogP contribution in [0.2, 0.25) is 0 Å². The summed E-state index contributed by atoms with van der Waals surface area (Å²) in [5.41, 5.74) is 0.412. The van der Waals surface area contributed by atoms with Crippen LogP contribution in [0.3, 0.4) is 0 Å². The summed E-state index contributed by atoms with van der Waals surface area (Å²) < 4.78 is 26.7. The standard InChI is InChI=1S/C16H19N3O5S/c20-9-3-5-15(22)18-8-6-13-16(18)14(21)10-19(13)25(23,24)11-12-4-1-2-7-17-12/h1-2,4,7,9,13,16H,3,5-6,8,10-11H2. The predicted octanol–water partition coefficient (Wildman–Crippen LogP) is -0.255. The maximum atomic E-state index is 12.7. The minimum Gasteiger partial charge on any atom is -0.331 e. The molecule has 2 aliphatic heterocycles. The number of hydrogen-bond donors (Lipinski definition) is 0. The molecule has 2 unspecified atom stereocenters. The highest BCUT2D eigenvalue weighted by Crippen LogP contribution is 2.32. The van der Waals surface area contributed by atoms with Crippen molar-refractivity contribution < 1.29 is 22.8 Å². The van der Waals surface area contributed by atoms with Crippen LogP contribution in [0.25, 0.3) is 0 Å². The third-order valence-corrected chi connectivity index (χ3v) is 6.36. The first-order valence-corrected chi connectivity index (χ1v) is 9.70. The van der Waals surface area contributed by atoms with Crippen molar-refractivity contribution >= 4 is 28.0 Å². The van der Waals surface area contributed by atoms with Crippen molar-refractivity contribution in [3.63, 3.8) is 0 Å². The van der Waals surface area contributed by atoms with E-state index in [9.17, 15) is 22.8 Å². The number of hydrogen-bond acceptors (Lipinski definition) is 6. The molecule has 0 bridgehead atoms. The van der Waals surface area contributed by atoms with E-state index in [4.69, 9.17) is 0 Å². The molecular weight excluding hydrogens is 346 g/mol. The lowest BCUT2D eigenvalue weighted by Crippen LogP contribution is -2.43. The van der Waals surface area contributed by atoms with Gasteiger partial charge in [0.25, 0.3) is 0 Å². The van der Waals surface area contributed by atoms with Gasteiger partial charge in [0.15, 0.2) is 5.78 Å². The average molecular weight is 365 g/mol. The molecule has 0 spiro atoms. The van der Waals surface area contributed by atoms with Gasteiger partial charge in [0.05, 0.1) is 18.3 Å². The first kappa shape index (κ1) is 17.7. The zero-order valence-corrected chi connectivity index (χ0v) is 14.4. The Morgan fingerprint density at radius 3 is 2.84 bits per heavy atom. The molecule has 2 aliphatic rings. The Bertz CT molecular complexity index is 780. The number of nitrogens with zero attached hydrogens (tertiary/aromatic N) is 3. The fourth-order valence-electron chi connectivity index (χ4n) is 3.49. The van der Waals surface area contributed by atoms with Crippen molar-refractivity contribution in [2.24, 2.45) is 0 Å². The third-order valence-electron chi connectivity index (χ3n) is 4.59. The third kappa shape index (κ3) is 3.47. The minimum absolute atomic E-state index is 0.0423. The Morgan fingerprint density at radius 2 is 2.16 bits per heavy atom. The van der Waals surface area contributed by atoms with E-state index in [-0.39, 0.29) is 36.8 Å². The van der Waals surface area contributed by atoms with Gasteiger partial charge in [0.1, 0.15) is 18.1 Å². The minimum atomic E-state index is -3.71. The number of aromatic nitrogens is 1. The summed E-state index contributed by atoms with van der Waals surface area (Å²) in [6.45, 7) is 0.107. The van der Waals surface area contributed by atoms with Gasteiger partial charge < -0.3 is 9.69 Å². The van der Waals surface area contributed by atoms with Crippen molar-refractivity contribution in [3.8, 4) is 0 Å². The van der Waals surface area contributed by atoms with Gasteiger partial charge in [-0.2, -0.15) is 4.31 Å². The zero-order valence-electron chi connectivity index (χ0n) is 13.6. The van der Waals surface area contributed by atoms with E-state index in [0.29, 0.717) is 24.9 Å². The highest BCUT2D eigenvalue weighted by Gasteiger charge is 2.53. The Morgan fingerprint density at radius 1 is 1.36 bits per heavy atom. The summed E-state index contributed by atoms with van der Waals surface area (Å²) in [4.78, 5) is 40.4. The molecule has 1 aromatic heterocycles. The lowest BCUT2D eigenvalue weighted by molar-refractivity contribution is -0.136. The van der Waals surface area contributed by atoms with Gasteiger partial charge in [0.2, 0.25) is 15.9 Å². The molecular formula is C16H19N3O5S. The molecule has 1 aromatic rings. The van der Waals surface area contributed by atoms with Crippen LogP contribution in [0, 0.1) is 0 Å². The van der Waals surface area contributed by atoms with Gasteiger partial charge in [-0.15, -0.1) is 0 Å². The van der Waals surface area contributed by atoms with Crippen molar-refractivity contribution in [2.75, 3.05) is 13.1 Å². The maximum Gasteiger partial charge on any atom is 0.223 e. The quantitative estimate of drug-likeness (QED) is 0.644. The average Bonchev–Trinajstić information content (AvgIpc) is 3.15. The van der Waals surface area contributed by atoms with Crippen molar-refractivity contribution in [1.82, 2.24) is 14.2 Å². The van der Waals surface area contributed by atoms with Crippen LogP contribution in [0.15, 0.2) is 24.4 Å². The number of ketones is 1. The highest BCUT2D eigenvalue weighted by atomic mass is 32.2. The number of Topliss-reactive ketones (excluding diaryl/α,β-unsaturated/α-hetero) is 1. The van der Waals surface area contributed by atoms with Crippen molar-refractivity contribution in [2.45, 2.75) is 37.1 Å². The van der Waals surface area contributed by atoms with Gasteiger partial charge in [-0.1, -0.05) is 6.07 Å². The number of pyridine rings is 1. The molecule has 25 heavy (non-hydrogen) atoms. The molecule has 134 valence electrons. The van der Waals surface area contributed by atoms with Crippen LogP contribution < -0.4 is 0 Å². The number of aldehydes is 1. The predicted molar refractivity (Wildman–Crippen MR) is 87.8 cm³/mol. The second-order valence-corrected chi connectivity index (χ2v) is 8.10. The van der Waals surface area contributed by atoms with Crippen molar-refractivity contribution in [3.05, 3.63) is 30.1 Å². The van der Waals surface area contributed by atoms with E-state index in [1.807, 2.05) is 0 Å². The van der Waals surface area contributed by atoms with E-state index >= 15 is 0 Å². The first-order valence-electron chi connectivity index (χ1n) is 8.09. The zero-order chi connectivity index (χ0) is 18.0. The molecule has 0 aromatic carbocycles. The van der Waals surface area contributed by atoms with Gasteiger partial charge in [-0.25, -0.2) is 8.42 Å². The number of fused-ring (bicyclic) bond motifs is 1. The summed E-state index contributed by atoms with van der Waals surface area (Å²) in [7, 11) is -3.71. The van der Waals surface area contributed by atoms with Gasteiger partial charge in [0, 0.05) is 25.6 Å². The molecule has 2 atom stereocenters. The Labute approximate surface area is 145 Å². The summed E-state index contributed by atoms with van der Waals surface area (Å²) in [6.07, 6.45) is 2.74. The van der Waals surface area contributed by atoms with E-state index in [2.05, 4.69) is 4.98 Å². The summed E-state index contributed by atoms with van der Waals surface area (Å²) in [5.74, 6) is -0.827. The first-order chi connectivity index (χ1) is 11.9. The largest absolute Gasteiger partial charge is 0.331 e. The van der Waals surface area contributed by atoms with Gasteiger partial charge in [-0.3, -0.25) is 14.6 Å². The van der Waals surface area contributed by atoms with Gasteiger partial charge >= 0.3 is 0 Å². The SMILES string of the molecule is O=CCCC(=O)N1CCC2C1C(=O)CN2S(=O)(=O)Cc1ccccn1. The maximum absolute atomic E-state index is 12.7. The Kier molecular flexibility index (Phi) is 4.96. The van der Waals surface area contributed by atoms with Gasteiger partial charge in [-0.05, 0) is 18.6 Å². The Hall–Kier alpha value is -2.13. The lowest BCUT2D eigenvalue weighted by atomic mass is 10.1. The fourth-order valence-corrected chi connectivity index (χ4v) is 5.16. The molecule has 0 aliphatic carbocycles. The number of sulfonamides is 1. The molecule has 3 heterocycles. The Balaban J connectivity index is 1.76. The van der Waals surface area contributed by atoms with Crippen LogP contribution in [0.1, 0.15) is 25.0 Å². The van der Waals surface area contributed by atoms with Crippen LogP contribution in [-0.2, 0) is 30.2 Å². The lowest BCUT2D eigenvalue weighted by Gasteiger charge is -2.24. The van der Waals surface area contributed by atoms with Crippen LogP contribution in [0.4, 0.5) is 0 Å². The van der Waals surface area contributed by atoms with Crippen molar-refractivity contribution in [1.29, 1.82) is 0 Å². The molecule has 3 rings (SSSR count). The van der Waals surface area contributed by atoms with Crippen LogP contribution in [0.5, 0.6) is 0 Å². The van der Waals surface area contributed by atoms with Crippen LogP contribution in [-0.4, -0.2) is 65.8 Å². The molecule has 1 amide bonds.